The monoisotopic (exact) mass is 546 g/mol. The first-order valence-electron chi connectivity index (χ1n) is 10.6. The summed E-state index contributed by atoms with van der Waals surface area (Å²) < 4.78 is 39.7. The molecule has 0 aliphatic heterocycles. The fourth-order valence-electron chi connectivity index (χ4n) is 3.42. The molecule has 9 heteroatoms. The van der Waals surface area contributed by atoms with Gasteiger partial charge in [-0.1, -0.05) is 58.4 Å². The fourth-order valence-corrected chi connectivity index (χ4v) is 5.09. The molecule has 34 heavy (non-hydrogen) atoms. The van der Waals surface area contributed by atoms with Gasteiger partial charge >= 0.3 is 0 Å². The summed E-state index contributed by atoms with van der Waals surface area (Å²) in [6.07, 6.45) is 0. The van der Waals surface area contributed by atoms with Gasteiger partial charge in [-0.25, -0.2) is 8.42 Å². The van der Waals surface area contributed by atoms with Crippen molar-refractivity contribution in [1.82, 2.24) is 9.62 Å². The molecule has 0 spiro atoms. The van der Waals surface area contributed by atoms with Crippen LogP contribution in [-0.2, 0) is 21.4 Å². The van der Waals surface area contributed by atoms with Gasteiger partial charge in [0, 0.05) is 17.1 Å². The molecule has 3 aromatic carbocycles. The predicted octanol–water partition coefficient (Wildman–Crippen LogP) is 4.53. The average molecular weight is 547 g/mol. The van der Waals surface area contributed by atoms with Crippen molar-refractivity contribution in [3.63, 3.8) is 0 Å². The Balaban J connectivity index is 1.87. The number of carbonyl (C=O) groups is 1. The van der Waals surface area contributed by atoms with E-state index in [9.17, 15) is 13.2 Å². The zero-order chi connectivity index (χ0) is 24.7. The van der Waals surface area contributed by atoms with Crippen LogP contribution in [0.4, 0.5) is 0 Å². The molecule has 1 atom stereocenters. The van der Waals surface area contributed by atoms with Gasteiger partial charge in [-0.3, -0.25) is 4.79 Å². The summed E-state index contributed by atoms with van der Waals surface area (Å²) in [6.45, 7) is 1.55. The highest BCUT2D eigenvalue weighted by atomic mass is 79.9. The van der Waals surface area contributed by atoms with E-state index in [1.807, 2.05) is 61.5 Å². The summed E-state index contributed by atoms with van der Waals surface area (Å²) >= 11 is 3.40. The first-order chi connectivity index (χ1) is 16.2. The Hall–Kier alpha value is -2.88. The van der Waals surface area contributed by atoms with Crippen LogP contribution in [0.2, 0.25) is 0 Å². The molecule has 0 bridgehead atoms. The number of carbonyl (C=O) groups excluding carboxylic acids is 1. The lowest BCUT2D eigenvalue weighted by molar-refractivity contribution is -0.122. The van der Waals surface area contributed by atoms with Gasteiger partial charge in [0.15, 0.2) is 11.5 Å². The van der Waals surface area contributed by atoms with E-state index >= 15 is 0 Å². The first kappa shape index (κ1) is 25.7. The molecular formula is C25H27BrN2O5S. The van der Waals surface area contributed by atoms with E-state index in [2.05, 4.69) is 21.2 Å². The molecule has 0 unspecified atom stereocenters. The number of rotatable bonds is 10. The Morgan fingerprint density at radius 2 is 1.62 bits per heavy atom. The number of benzene rings is 3. The minimum absolute atomic E-state index is 0.00911. The van der Waals surface area contributed by atoms with Crippen LogP contribution >= 0.6 is 15.9 Å². The Kier molecular flexibility index (Phi) is 8.71. The standard InChI is InChI=1S/C25H27BrN2O5S/c1-18(20-9-11-21(26)12-10-20)27-25(29)17-28(16-19-7-5-4-6-8-19)34(30,31)22-13-14-23(32-2)24(15-22)33-3/h4-15,18H,16-17H2,1-3H3,(H,27,29)/t18-/m1/s1. The molecule has 0 aliphatic carbocycles. The molecule has 3 aromatic rings. The number of amides is 1. The lowest BCUT2D eigenvalue weighted by Gasteiger charge is -2.24. The van der Waals surface area contributed by atoms with Crippen molar-refractivity contribution >= 4 is 31.9 Å². The second-order valence-electron chi connectivity index (χ2n) is 7.62. The zero-order valence-corrected chi connectivity index (χ0v) is 21.6. The molecule has 0 saturated heterocycles. The van der Waals surface area contributed by atoms with Crippen LogP contribution in [0.25, 0.3) is 0 Å². The summed E-state index contributed by atoms with van der Waals surface area (Å²) in [5.41, 5.74) is 1.68. The number of hydrogen-bond donors (Lipinski definition) is 1. The van der Waals surface area contributed by atoms with Gasteiger partial charge < -0.3 is 14.8 Å². The van der Waals surface area contributed by atoms with Crippen molar-refractivity contribution in [2.24, 2.45) is 0 Å². The number of sulfonamides is 1. The fraction of sp³-hybridized carbons (Fsp3) is 0.240. The average Bonchev–Trinajstić information content (AvgIpc) is 2.84. The molecular weight excluding hydrogens is 520 g/mol. The predicted molar refractivity (Wildman–Crippen MR) is 134 cm³/mol. The molecule has 0 fully saturated rings. The number of hydrogen-bond acceptors (Lipinski definition) is 5. The minimum Gasteiger partial charge on any atom is -0.493 e. The molecule has 0 aliphatic rings. The van der Waals surface area contributed by atoms with Crippen molar-refractivity contribution in [1.29, 1.82) is 0 Å². The zero-order valence-electron chi connectivity index (χ0n) is 19.2. The summed E-state index contributed by atoms with van der Waals surface area (Å²) in [6, 6.07) is 20.8. The topological polar surface area (TPSA) is 84.9 Å². The van der Waals surface area contributed by atoms with Gasteiger partial charge in [0.25, 0.3) is 0 Å². The van der Waals surface area contributed by atoms with E-state index < -0.39 is 15.9 Å². The quantitative estimate of drug-likeness (QED) is 0.403. The number of methoxy groups -OCH3 is 2. The van der Waals surface area contributed by atoms with E-state index in [4.69, 9.17) is 9.47 Å². The maximum absolute atomic E-state index is 13.6. The molecule has 0 radical (unpaired) electrons. The highest BCUT2D eigenvalue weighted by Crippen LogP contribution is 2.31. The third-order valence-electron chi connectivity index (χ3n) is 5.26. The van der Waals surface area contributed by atoms with Crippen LogP contribution < -0.4 is 14.8 Å². The summed E-state index contributed by atoms with van der Waals surface area (Å²) in [4.78, 5) is 12.9. The van der Waals surface area contributed by atoms with Crippen LogP contribution in [0, 0.1) is 0 Å². The molecule has 0 aromatic heterocycles. The van der Waals surface area contributed by atoms with Gasteiger partial charge in [-0.05, 0) is 42.3 Å². The SMILES string of the molecule is COc1ccc(S(=O)(=O)N(CC(=O)N[C@H](C)c2ccc(Br)cc2)Cc2ccccc2)cc1OC. The van der Waals surface area contributed by atoms with Crippen molar-refractivity contribution in [3.05, 3.63) is 88.4 Å². The van der Waals surface area contributed by atoms with Crippen LogP contribution in [0.3, 0.4) is 0 Å². The highest BCUT2D eigenvalue weighted by Gasteiger charge is 2.28. The Labute approximate surface area is 208 Å². The molecule has 180 valence electrons. The van der Waals surface area contributed by atoms with E-state index in [0.717, 1.165) is 19.9 Å². The Bertz CT molecular complexity index is 1220. The maximum atomic E-state index is 13.6. The lowest BCUT2D eigenvalue weighted by Crippen LogP contribution is -2.41. The van der Waals surface area contributed by atoms with Gasteiger partial charge in [0.05, 0.1) is 31.7 Å². The van der Waals surface area contributed by atoms with Crippen LogP contribution in [0.15, 0.2) is 82.2 Å². The number of nitrogens with zero attached hydrogens (tertiary/aromatic N) is 1. The van der Waals surface area contributed by atoms with Crippen molar-refractivity contribution in [2.75, 3.05) is 20.8 Å². The minimum atomic E-state index is -4.03. The Morgan fingerprint density at radius 3 is 2.24 bits per heavy atom. The number of ether oxygens (including phenoxy) is 2. The van der Waals surface area contributed by atoms with Crippen LogP contribution in [-0.4, -0.2) is 39.4 Å². The molecule has 3 rings (SSSR count). The lowest BCUT2D eigenvalue weighted by atomic mass is 10.1. The van der Waals surface area contributed by atoms with Gasteiger partial charge in [-0.15, -0.1) is 0 Å². The van der Waals surface area contributed by atoms with Crippen molar-refractivity contribution in [2.45, 2.75) is 24.4 Å². The van der Waals surface area contributed by atoms with Crippen LogP contribution in [0.5, 0.6) is 11.5 Å². The highest BCUT2D eigenvalue weighted by molar-refractivity contribution is 9.10. The van der Waals surface area contributed by atoms with Crippen LogP contribution in [0.1, 0.15) is 24.1 Å². The first-order valence-corrected chi connectivity index (χ1v) is 12.8. The second-order valence-corrected chi connectivity index (χ2v) is 10.5. The van der Waals surface area contributed by atoms with E-state index in [0.29, 0.717) is 5.75 Å². The van der Waals surface area contributed by atoms with Gasteiger partial charge in [0.1, 0.15) is 0 Å². The van der Waals surface area contributed by atoms with E-state index in [-0.39, 0.29) is 29.8 Å². The smallest absolute Gasteiger partial charge is 0.243 e. The van der Waals surface area contributed by atoms with Crippen molar-refractivity contribution < 1.29 is 22.7 Å². The molecule has 1 N–H and O–H groups in total. The van der Waals surface area contributed by atoms with Gasteiger partial charge in [-0.2, -0.15) is 4.31 Å². The Morgan fingerprint density at radius 1 is 0.971 bits per heavy atom. The van der Waals surface area contributed by atoms with E-state index in [1.54, 1.807) is 0 Å². The normalized spacial score (nSPS) is 12.3. The third-order valence-corrected chi connectivity index (χ3v) is 7.58. The molecule has 1 amide bonds. The molecule has 0 heterocycles. The van der Waals surface area contributed by atoms with E-state index in [1.165, 1.54) is 32.4 Å². The largest absolute Gasteiger partial charge is 0.493 e. The number of halogens is 1. The number of nitrogens with one attached hydrogen (secondary N) is 1. The molecule has 7 nitrogen and oxygen atoms in total. The molecule has 0 saturated carbocycles. The second kappa shape index (κ2) is 11.5. The summed E-state index contributed by atoms with van der Waals surface area (Å²) in [7, 11) is -1.11. The van der Waals surface area contributed by atoms with Gasteiger partial charge in [0.2, 0.25) is 15.9 Å². The van der Waals surface area contributed by atoms with Crippen molar-refractivity contribution in [3.8, 4) is 11.5 Å². The summed E-state index contributed by atoms with van der Waals surface area (Å²) in [5, 5.41) is 2.89. The summed E-state index contributed by atoms with van der Waals surface area (Å²) in [5.74, 6) is 0.295. The third kappa shape index (κ3) is 6.37. The maximum Gasteiger partial charge on any atom is 0.243 e.